The molecule has 0 radical (unpaired) electrons. The third-order valence-corrected chi connectivity index (χ3v) is 4.68. The van der Waals surface area contributed by atoms with Crippen molar-refractivity contribution >= 4 is 66.1 Å². The molecule has 230 valence electrons. The van der Waals surface area contributed by atoms with Crippen LogP contribution in [0.15, 0.2) is 36.4 Å². The van der Waals surface area contributed by atoms with E-state index in [1.54, 1.807) is 39.8 Å². The fourth-order valence-electron chi connectivity index (χ4n) is 2.88. The molecule has 1 N–H and O–H groups in total. The van der Waals surface area contributed by atoms with Crippen molar-refractivity contribution in [2.45, 2.75) is 47.6 Å². The smallest absolute Gasteiger partial charge is 0.338 e. The summed E-state index contributed by atoms with van der Waals surface area (Å²) in [5.74, 6) is -1.80. The monoisotopic (exact) mass is 656 g/mol. The number of carbonyl (C=O) groups is 4. The van der Waals surface area contributed by atoms with Crippen molar-refractivity contribution in [3.63, 3.8) is 0 Å². The number of carbonyl (C=O) groups excluding carboxylic acids is 4. The maximum atomic E-state index is 11.6. The zero-order valence-electron chi connectivity index (χ0n) is 22.4. The summed E-state index contributed by atoms with van der Waals surface area (Å²) in [4.78, 5) is 46.4. The van der Waals surface area contributed by atoms with Gasteiger partial charge in [0, 0.05) is 27.2 Å². The Morgan fingerprint density at radius 1 is 0.634 bits per heavy atom. The molecule has 41 heavy (non-hydrogen) atoms. The SMILES string of the molecule is C.CCOC(=O)c1cc(CCl)cc(C(=O)OCC)c1.CCOC(=O)c1cc(CO)cc(C(=O)OCC)c1.O=S(Cl)Cl. The molecule has 0 atom stereocenters. The van der Waals surface area contributed by atoms with Crippen LogP contribution in [0.1, 0.15) is 87.7 Å². The lowest BCUT2D eigenvalue weighted by Crippen LogP contribution is -2.10. The van der Waals surface area contributed by atoms with Crippen LogP contribution < -0.4 is 0 Å². The summed E-state index contributed by atoms with van der Waals surface area (Å²) in [6.45, 7) is 7.61. The van der Waals surface area contributed by atoms with Gasteiger partial charge in [-0.25, -0.2) is 23.4 Å². The molecule has 0 bridgehead atoms. The van der Waals surface area contributed by atoms with Crippen molar-refractivity contribution in [1.29, 1.82) is 0 Å². The van der Waals surface area contributed by atoms with Gasteiger partial charge in [-0.15, -0.1) is 11.6 Å². The highest BCUT2D eigenvalue weighted by molar-refractivity contribution is 8.26. The molecule has 0 unspecified atom stereocenters. The quantitative estimate of drug-likeness (QED) is 0.140. The van der Waals surface area contributed by atoms with Gasteiger partial charge in [0.05, 0.1) is 55.3 Å². The lowest BCUT2D eigenvalue weighted by atomic mass is 10.1. The maximum Gasteiger partial charge on any atom is 0.338 e. The van der Waals surface area contributed by atoms with Crippen molar-refractivity contribution in [2.75, 3.05) is 26.4 Å². The summed E-state index contributed by atoms with van der Waals surface area (Å²) < 4.78 is 28.6. The van der Waals surface area contributed by atoms with Gasteiger partial charge in [-0.2, -0.15) is 0 Å². The second kappa shape index (κ2) is 22.9. The van der Waals surface area contributed by atoms with E-state index in [-0.39, 0.29) is 57.5 Å². The minimum absolute atomic E-state index is 0. The Balaban J connectivity index is 0. The Morgan fingerprint density at radius 3 is 1.07 bits per heavy atom. The number of ether oxygens (including phenoxy) is 4. The normalized spacial score (nSPS) is 9.59. The Morgan fingerprint density at radius 2 is 0.878 bits per heavy atom. The van der Waals surface area contributed by atoms with Gasteiger partial charge < -0.3 is 24.1 Å². The maximum absolute atomic E-state index is 11.6. The molecule has 0 heterocycles. The van der Waals surface area contributed by atoms with Gasteiger partial charge in [-0.1, -0.05) is 7.43 Å². The number of aliphatic hydroxyl groups is 1. The molecule has 0 aliphatic heterocycles. The molecule has 0 spiro atoms. The second-order valence-electron chi connectivity index (χ2n) is 7.20. The lowest BCUT2D eigenvalue weighted by molar-refractivity contribution is 0.0506. The van der Waals surface area contributed by atoms with Gasteiger partial charge in [0.15, 0.2) is 0 Å². The van der Waals surface area contributed by atoms with E-state index < -0.39 is 33.1 Å². The predicted octanol–water partition coefficient (Wildman–Crippen LogP) is 5.99. The molecule has 0 aliphatic carbocycles. The number of benzene rings is 2. The Kier molecular flexibility index (Phi) is 22.6. The zero-order valence-corrected chi connectivity index (χ0v) is 25.5. The highest BCUT2D eigenvalue weighted by atomic mass is 36.0. The highest BCUT2D eigenvalue weighted by Gasteiger charge is 2.15. The first-order valence-corrected chi connectivity index (χ1v) is 15.2. The predicted molar refractivity (Wildman–Crippen MR) is 159 cm³/mol. The van der Waals surface area contributed by atoms with E-state index in [9.17, 15) is 19.2 Å². The molecule has 0 aliphatic rings. The molecule has 0 fully saturated rings. The molecule has 0 saturated heterocycles. The largest absolute Gasteiger partial charge is 0.462 e. The second-order valence-corrected chi connectivity index (χ2v) is 9.99. The topological polar surface area (TPSA) is 143 Å². The molecule has 0 aromatic heterocycles. The Labute approximate surface area is 256 Å². The van der Waals surface area contributed by atoms with E-state index in [4.69, 9.17) is 39.9 Å². The molecular formula is C27H35Cl3O10S. The van der Waals surface area contributed by atoms with Crippen LogP contribution in [-0.4, -0.2) is 59.6 Å². The van der Waals surface area contributed by atoms with E-state index in [2.05, 4.69) is 21.4 Å². The summed E-state index contributed by atoms with van der Waals surface area (Å²) in [5.41, 5.74) is 2.20. The molecule has 2 rings (SSSR count). The number of hydrogen-bond acceptors (Lipinski definition) is 10. The van der Waals surface area contributed by atoms with Crippen molar-refractivity contribution < 1.29 is 47.4 Å². The van der Waals surface area contributed by atoms with Crippen LogP contribution in [0.5, 0.6) is 0 Å². The number of alkyl halides is 1. The van der Waals surface area contributed by atoms with Gasteiger partial charge in [0.25, 0.3) is 0 Å². The van der Waals surface area contributed by atoms with Gasteiger partial charge in [0.2, 0.25) is 9.23 Å². The van der Waals surface area contributed by atoms with Crippen LogP contribution in [0.3, 0.4) is 0 Å². The van der Waals surface area contributed by atoms with Crippen LogP contribution in [0, 0.1) is 0 Å². The van der Waals surface area contributed by atoms with Crippen LogP contribution in [0.4, 0.5) is 0 Å². The summed E-state index contributed by atoms with van der Waals surface area (Å²) in [6.07, 6.45) is 0. The van der Waals surface area contributed by atoms with Crippen molar-refractivity contribution in [1.82, 2.24) is 0 Å². The zero-order chi connectivity index (χ0) is 30.7. The van der Waals surface area contributed by atoms with E-state index in [1.165, 1.54) is 24.3 Å². The Hall–Kier alpha value is -2.70. The third-order valence-electron chi connectivity index (χ3n) is 4.37. The minimum Gasteiger partial charge on any atom is -0.462 e. The molecule has 14 heteroatoms. The number of rotatable bonds is 10. The van der Waals surface area contributed by atoms with Crippen molar-refractivity contribution in [3.8, 4) is 0 Å². The highest BCUT2D eigenvalue weighted by Crippen LogP contribution is 2.15. The summed E-state index contributed by atoms with van der Waals surface area (Å²) >= 11 is 5.73. The number of esters is 4. The van der Waals surface area contributed by atoms with Crippen LogP contribution >= 0.6 is 33.0 Å². The molecule has 2 aromatic rings. The summed E-state index contributed by atoms with van der Waals surface area (Å²) in [5, 5.41) is 9.11. The van der Waals surface area contributed by atoms with Crippen molar-refractivity contribution in [2.24, 2.45) is 0 Å². The lowest BCUT2D eigenvalue weighted by Gasteiger charge is -2.07. The summed E-state index contributed by atoms with van der Waals surface area (Å²) in [6, 6.07) is 9.03. The first-order valence-electron chi connectivity index (χ1n) is 11.8. The number of aliphatic hydroxyl groups excluding tert-OH is 1. The van der Waals surface area contributed by atoms with E-state index >= 15 is 0 Å². The molecule has 2 aromatic carbocycles. The first kappa shape index (κ1) is 40.4. The third kappa shape index (κ3) is 16.4. The average Bonchev–Trinajstić information content (AvgIpc) is 2.93. The standard InChI is InChI=1S/C13H15ClO4.C13H16O5.CH4.Cl2OS/c2*1-3-17-12(15)10-5-9(8-14)6-11(7-10)13(16)18-4-2;;1-4(2)3/h5-7H,3-4,8H2,1-2H3;5-7,14H,3-4,8H2,1-2H3;1H4;. The van der Waals surface area contributed by atoms with E-state index in [0.29, 0.717) is 22.3 Å². The molecule has 0 amide bonds. The fraction of sp³-hybridized carbons (Fsp3) is 0.407. The van der Waals surface area contributed by atoms with Gasteiger partial charge in [-0.05, 0) is 75.2 Å². The van der Waals surface area contributed by atoms with Crippen LogP contribution in [-0.2, 0) is 40.7 Å². The fourth-order valence-corrected chi connectivity index (χ4v) is 3.04. The summed E-state index contributed by atoms with van der Waals surface area (Å²) in [7, 11) is 7.36. The van der Waals surface area contributed by atoms with Gasteiger partial charge in [0.1, 0.15) is 0 Å². The average molecular weight is 658 g/mol. The van der Waals surface area contributed by atoms with Crippen molar-refractivity contribution in [3.05, 3.63) is 69.8 Å². The number of hydrogen-bond donors (Lipinski definition) is 1. The Bertz CT molecular complexity index is 998. The molecular weight excluding hydrogens is 623 g/mol. The van der Waals surface area contributed by atoms with Gasteiger partial charge in [-0.3, -0.25) is 0 Å². The number of halogens is 3. The van der Waals surface area contributed by atoms with E-state index in [0.717, 1.165) is 0 Å². The van der Waals surface area contributed by atoms with Gasteiger partial charge >= 0.3 is 23.9 Å². The van der Waals surface area contributed by atoms with E-state index in [1.807, 2.05) is 0 Å². The molecule has 0 saturated carbocycles. The van der Waals surface area contributed by atoms with Crippen LogP contribution in [0.2, 0.25) is 0 Å². The van der Waals surface area contributed by atoms with Crippen LogP contribution in [0.25, 0.3) is 0 Å². The molecule has 10 nitrogen and oxygen atoms in total. The first-order chi connectivity index (χ1) is 19.0. The minimum atomic E-state index is -1.67.